The van der Waals surface area contributed by atoms with Crippen LogP contribution in [-0.2, 0) is 28.6 Å². The van der Waals surface area contributed by atoms with E-state index in [1.54, 1.807) is 0 Å². The average Bonchev–Trinajstić information content (AvgIpc) is 3.26. The Morgan fingerprint density at radius 1 is 0.344 bits per heavy atom. The average molecular weight is 847 g/mol. The number of esters is 3. The van der Waals surface area contributed by atoms with Crippen LogP contribution in [0.1, 0.15) is 213 Å². The van der Waals surface area contributed by atoms with E-state index in [1.807, 2.05) is 36.5 Å². The Labute approximate surface area is 375 Å². The zero-order chi connectivity index (χ0) is 44.4. The molecule has 1 unspecified atom stereocenters. The highest BCUT2D eigenvalue weighted by Crippen LogP contribution is 2.13. The highest BCUT2D eigenvalue weighted by atomic mass is 16.6. The molecule has 0 rings (SSSR count). The number of rotatable bonds is 43. The Balaban J connectivity index is 4.46. The standard InChI is InChI=1S/C55H90O6/c1-4-7-10-13-16-19-22-25-26-27-28-31-33-36-39-42-45-48-54(57)60-51-52(61-55(58)49-46-43-40-37-34-30-24-21-18-15-12-9-6-3)50-59-53(56)47-44-41-38-35-32-29-23-20-17-14-11-8-5-2/h8-9,11-12,14-15,17-18,20-21,23-26,30,34,52H,4-7,10,13,16,19,22,27-29,31-33,35-51H2,1-3H3/b11-8-,12-9-,17-14-,18-15-,23-20-,24-21-,26-25-,34-30-. The summed E-state index contributed by atoms with van der Waals surface area (Å²) in [4.78, 5) is 37.9. The summed E-state index contributed by atoms with van der Waals surface area (Å²) in [5, 5.41) is 0. The van der Waals surface area contributed by atoms with Crippen molar-refractivity contribution in [3.8, 4) is 0 Å². The third-order valence-corrected chi connectivity index (χ3v) is 10.2. The minimum atomic E-state index is -0.808. The van der Waals surface area contributed by atoms with Crippen molar-refractivity contribution in [3.63, 3.8) is 0 Å². The van der Waals surface area contributed by atoms with Crippen molar-refractivity contribution in [2.45, 2.75) is 219 Å². The van der Waals surface area contributed by atoms with Crippen molar-refractivity contribution in [1.29, 1.82) is 0 Å². The fraction of sp³-hybridized carbons (Fsp3) is 0.655. The Bertz CT molecular complexity index is 1250. The van der Waals surface area contributed by atoms with E-state index < -0.39 is 6.10 Å². The summed E-state index contributed by atoms with van der Waals surface area (Å²) in [7, 11) is 0. The molecule has 0 saturated carbocycles. The SMILES string of the molecule is CC\C=C/C=C\C=C/C=C\CCCCCC(=O)OC(COC(=O)CCCCCCC\C=C/C=C\C=C/CC)COC(=O)CCCCCCCCC/C=C\CCCCCCCC. The molecule has 0 radical (unpaired) electrons. The zero-order valence-corrected chi connectivity index (χ0v) is 39.4. The molecule has 6 heteroatoms. The first kappa shape index (κ1) is 57.3. The molecule has 0 aliphatic rings. The van der Waals surface area contributed by atoms with Crippen LogP contribution in [0.3, 0.4) is 0 Å². The van der Waals surface area contributed by atoms with Gasteiger partial charge < -0.3 is 14.2 Å². The van der Waals surface area contributed by atoms with Gasteiger partial charge >= 0.3 is 17.9 Å². The molecule has 0 aliphatic carbocycles. The molecule has 0 heterocycles. The smallest absolute Gasteiger partial charge is 0.306 e. The van der Waals surface area contributed by atoms with E-state index in [2.05, 4.69) is 81.5 Å². The summed E-state index contributed by atoms with van der Waals surface area (Å²) in [5.41, 5.74) is 0. The Kier molecular flexibility index (Phi) is 46.0. The van der Waals surface area contributed by atoms with Crippen LogP contribution in [0, 0.1) is 0 Å². The molecule has 0 aromatic carbocycles. The zero-order valence-electron chi connectivity index (χ0n) is 39.4. The van der Waals surface area contributed by atoms with Crippen molar-refractivity contribution < 1.29 is 28.6 Å². The second kappa shape index (κ2) is 49.0. The lowest BCUT2D eigenvalue weighted by Gasteiger charge is -2.18. The van der Waals surface area contributed by atoms with E-state index in [4.69, 9.17) is 14.2 Å². The Hall–Kier alpha value is -3.67. The molecular weight excluding hydrogens is 757 g/mol. The van der Waals surface area contributed by atoms with Crippen LogP contribution in [0.25, 0.3) is 0 Å². The second-order valence-electron chi connectivity index (χ2n) is 16.1. The van der Waals surface area contributed by atoms with Gasteiger partial charge in [0.25, 0.3) is 0 Å². The fourth-order valence-electron chi connectivity index (χ4n) is 6.50. The molecule has 0 aromatic rings. The van der Waals surface area contributed by atoms with Crippen LogP contribution in [0.2, 0.25) is 0 Å². The van der Waals surface area contributed by atoms with Gasteiger partial charge in [0.2, 0.25) is 0 Å². The maximum atomic E-state index is 12.7. The van der Waals surface area contributed by atoms with E-state index in [9.17, 15) is 14.4 Å². The lowest BCUT2D eigenvalue weighted by atomic mass is 10.1. The normalized spacial score (nSPS) is 12.9. The van der Waals surface area contributed by atoms with Crippen molar-refractivity contribution >= 4 is 17.9 Å². The van der Waals surface area contributed by atoms with Gasteiger partial charge in [-0.05, 0) is 83.5 Å². The number of ether oxygens (including phenoxy) is 3. The topological polar surface area (TPSA) is 78.9 Å². The Morgan fingerprint density at radius 3 is 1.07 bits per heavy atom. The molecule has 0 aromatic heterocycles. The van der Waals surface area contributed by atoms with E-state index >= 15 is 0 Å². The van der Waals surface area contributed by atoms with Gasteiger partial charge in [0.15, 0.2) is 6.10 Å². The van der Waals surface area contributed by atoms with Crippen LogP contribution in [-0.4, -0.2) is 37.2 Å². The number of carbonyl (C=O) groups is 3. The molecule has 61 heavy (non-hydrogen) atoms. The maximum absolute atomic E-state index is 12.7. The summed E-state index contributed by atoms with van der Waals surface area (Å²) in [6.45, 7) is 6.29. The minimum Gasteiger partial charge on any atom is -0.462 e. The van der Waals surface area contributed by atoms with E-state index in [1.165, 1.54) is 77.0 Å². The fourth-order valence-corrected chi connectivity index (χ4v) is 6.50. The van der Waals surface area contributed by atoms with Crippen LogP contribution in [0.5, 0.6) is 0 Å². The van der Waals surface area contributed by atoms with Crippen LogP contribution < -0.4 is 0 Å². The molecule has 0 amide bonds. The van der Waals surface area contributed by atoms with Crippen molar-refractivity contribution in [1.82, 2.24) is 0 Å². The summed E-state index contributed by atoms with van der Waals surface area (Å²) in [6, 6.07) is 0. The molecule has 0 saturated heterocycles. The molecule has 1 atom stereocenters. The molecule has 0 aliphatic heterocycles. The highest BCUT2D eigenvalue weighted by Gasteiger charge is 2.19. The molecule has 346 valence electrons. The first-order valence-electron chi connectivity index (χ1n) is 24.8. The van der Waals surface area contributed by atoms with Crippen LogP contribution >= 0.6 is 0 Å². The van der Waals surface area contributed by atoms with Gasteiger partial charge in [0.1, 0.15) is 13.2 Å². The monoisotopic (exact) mass is 847 g/mol. The number of unbranched alkanes of at least 4 members (excludes halogenated alkanes) is 21. The van der Waals surface area contributed by atoms with Crippen molar-refractivity contribution in [2.75, 3.05) is 13.2 Å². The van der Waals surface area contributed by atoms with Gasteiger partial charge in [-0.25, -0.2) is 0 Å². The number of hydrogen-bond donors (Lipinski definition) is 0. The Morgan fingerprint density at radius 2 is 0.656 bits per heavy atom. The van der Waals surface area contributed by atoms with Gasteiger partial charge in [-0.3, -0.25) is 14.4 Å². The highest BCUT2D eigenvalue weighted by molar-refractivity contribution is 5.71. The molecule has 0 bridgehead atoms. The van der Waals surface area contributed by atoms with E-state index in [0.717, 1.165) is 89.9 Å². The van der Waals surface area contributed by atoms with Gasteiger partial charge in [-0.15, -0.1) is 0 Å². The number of carbonyl (C=O) groups excluding carboxylic acids is 3. The largest absolute Gasteiger partial charge is 0.462 e. The summed E-state index contributed by atoms with van der Waals surface area (Å²) >= 11 is 0. The minimum absolute atomic E-state index is 0.104. The van der Waals surface area contributed by atoms with Crippen molar-refractivity contribution in [3.05, 3.63) is 97.2 Å². The summed E-state index contributed by atoms with van der Waals surface area (Å²) in [6.07, 6.45) is 63.9. The third-order valence-electron chi connectivity index (χ3n) is 10.2. The molecule has 0 spiro atoms. The van der Waals surface area contributed by atoms with Gasteiger partial charge in [0, 0.05) is 19.3 Å². The first-order chi connectivity index (χ1) is 30.0. The maximum Gasteiger partial charge on any atom is 0.306 e. The number of hydrogen-bond acceptors (Lipinski definition) is 6. The third kappa shape index (κ3) is 47.2. The van der Waals surface area contributed by atoms with Crippen molar-refractivity contribution in [2.24, 2.45) is 0 Å². The number of allylic oxidation sites excluding steroid dienone is 16. The van der Waals surface area contributed by atoms with E-state index in [0.29, 0.717) is 19.3 Å². The first-order valence-corrected chi connectivity index (χ1v) is 24.8. The molecule has 0 N–H and O–H groups in total. The second-order valence-corrected chi connectivity index (χ2v) is 16.1. The quantitative estimate of drug-likeness (QED) is 0.0200. The lowest BCUT2D eigenvalue weighted by Crippen LogP contribution is -2.30. The van der Waals surface area contributed by atoms with Gasteiger partial charge in [-0.1, -0.05) is 208 Å². The molecule has 0 fully saturated rings. The summed E-state index contributed by atoms with van der Waals surface area (Å²) in [5.74, 6) is -0.974. The van der Waals surface area contributed by atoms with Gasteiger partial charge in [-0.2, -0.15) is 0 Å². The summed E-state index contributed by atoms with van der Waals surface area (Å²) < 4.78 is 16.7. The van der Waals surface area contributed by atoms with Crippen LogP contribution in [0.15, 0.2) is 97.2 Å². The lowest BCUT2D eigenvalue weighted by molar-refractivity contribution is -0.167. The predicted molar refractivity (Wildman–Crippen MR) is 260 cm³/mol. The van der Waals surface area contributed by atoms with Gasteiger partial charge in [0.05, 0.1) is 0 Å². The molecule has 6 nitrogen and oxygen atoms in total. The molecular formula is C55H90O6. The van der Waals surface area contributed by atoms with Crippen LogP contribution in [0.4, 0.5) is 0 Å². The van der Waals surface area contributed by atoms with E-state index in [-0.39, 0.29) is 37.5 Å². The predicted octanol–water partition coefficient (Wildman–Crippen LogP) is 16.2.